The van der Waals surface area contributed by atoms with Gasteiger partial charge >= 0.3 is 0 Å². The van der Waals surface area contributed by atoms with E-state index in [0.29, 0.717) is 17.5 Å². The van der Waals surface area contributed by atoms with Crippen LogP contribution in [0.25, 0.3) is 11.0 Å². The summed E-state index contributed by atoms with van der Waals surface area (Å²) in [5.74, 6) is 0.0332. The molecule has 3 heterocycles. The number of anilines is 1. The predicted molar refractivity (Wildman–Crippen MR) is 115 cm³/mol. The molecule has 0 amide bonds. The van der Waals surface area contributed by atoms with Crippen LogP contribution in [0.2, 0.25) is 18.1 Å². The Kier molecular flexibility index (Phi) is 5.03. The summed E-state index contributed by atoms with van der Waals surface area (Å²) in [7, 11) is -2.33. The Labute approximate surface area is 172 Å². The molecule has 1 saturated heterocycles. The number of aromatic nitrogens is 3. The summed E-state index contributed by atoms with van der Waals surface area (Å²) in [5.41, 5.74) is 5.96. The van der Waals surface area contributed by atoms with Crippen LogP contribution in [0, 0.1) is 3.57 Å². The fourth-order valence-corrected chi connectivity index (χ4v) is 7.65. The number of aromatic amines is 1. The summed E-state index contributed by atoms with van der Waals surface area (Å²) in [6, 6.07) is 0. The minimum absolute atomic E-state index is 0.0332. The first-order valence-electron chi connectivity index (χ1n) is 8.89. The van der Waals surface area contributed by atoms with Crippen molar-refractivity contribution in [3.05, 3.63) is 20.1 Å². The number of H-pyrrole nitrogens is 1. The second kappa shape index (κ2) is 6.54. The number of hydrogen-bond acceptors (Lipinski definition) is 6. The summed E-state index contributed by atoms with van der Waals surface area (Å²) in [6.07, 6.45) is 0.676. The Morgan fingerprint density at radius 1 is 1.52 bits per heavy atom. The standard InChI is InChI=1S/C17H27IN4O4Si/c1-16(2,3)27(4,5)17(6-10(24)11(8-23)26-17)22-7-9(18)12-13(22)20-15(19)21-14(12)25/h7,10-11,23-24H,6,8H2,1-5H3,(H3,19,20,21,25)/t10-,11+,17-/m0/s1. The van der Waals surface area contributed by atoms with Gasteiger partial charge in [0.2, 0.25) is 5.95 Å². The van der Waals surface area contributed by atoms with E-state index in [-0.39, 0.29) is 23.2 Å². The molecule has 0 aromatic carbocycles. The van der Waals surface area contributed by atoms with Crippen LogP contribution in [0.3, 0.4) is 0 Å². The molecule has 1 fully saturated rings. The van der Waals surface area contributed by atoms with E-state index in [1.165, 1.54) is 0 Å². The van der Waals surface area contributed by atoms with Gasteiger partial charge in [0.1, 0.15) is 19.5 Å². The minimum Gasteiger partial charge on any atom is -0.394 e. The number of hydrogen-bond donors (Lipinski definition) is 4. The van der Waals surface area contributed by atoms with Gasteiger partial charge in [0, 0.05) is 16.2 Å². The van der Waals surface area contributed by atoms with Gasteiger partial charge in [0.15, 0.2) is 5.65 Å². The van der Waals surface area contributed by atoms with Gasteiger partial charge in [-0.1, -0.05) is 33.9 Å². The van der Waals surface area contributed by atoms with Crippen molar-refractivity contribution in [2.24, 2.45) is 0 Å². The molecule has 0 bridgehead atoms. The number of nitrogens with zero attached hydrogens (tertiary/aromatic N) is 2. The van der Waals surface area contributed by atoms with E-state index in [1.807, 2.05) is 10.8 Å². The van der Waals surface area contributed by atoms with Crippen LogP contribution in [0.1, 0.15) is 27.2 Å². The summed E-state index contributed by atoms with van der Waals surface area (Å²) in [5, 5.41) is 19.8. The molecule has 2 aromatic heterocycles. The molecule has 2 aromatic rings. The van der Waals surface area contributed by atoms with Crippen molar-refractivity contribution in [1.29, 1.82) is 0 Å². The van der Waals surface area contributed by atoms with E-state index < -0.39 is 25.6 Å². The molecule has 8 nitrogen and oxygen atoms in total. The van der Waals surface area contributed by atoms with E-state index >= 15 is 0 Å². The number of aliphatic hydroxyl groups is 2. The lowest BCUT2D eigenvalue weighted by Gasteiger charge is -2.50. The van der Waals surface area contributed by atoms with E-state index in [4.69, 9.17) is 10.5 Å². The highest BCUT2D eigenvalue weighted by atomic mass is 127. The van der Waals surface area contributed by atoms with Crippen molar-refractivity contribution in [3.8, 4) is 0 Å². The topological polar surface area (TPSA) is 126 Å². The summed E-state index contributed by atoms with van der Waals surface area (Å²) in [4.78, 5) is 19.4. The molecule has 0 saturated carbocycles. The third kappa shape index (κ3) is 2.96. The SMILES string of the molecule is CC(C)(C)[Si](C)(C)[C@]1(n2cc(I)c3c(=O)[nH]c(N)nc32)C[C@H](O)[C@@H](CO)O1. The molecule has 3 atom stereocenters. The van der Waals surface area contributed by atoms with Crippen molar-refractivity contribution in [2.75, 3.05) is 12.3 Å². The number of aliphatic hydroxyl groups excluding tert-OH is 2. The number of ether oxygens (including phenoxy) is 1. The average Bonchev–Trinajstić information content (AvgIpc) is 3.04. The highest BCUT2D eigenvalue weighted by Crippen LogP contribution is 2.53. The van der Waals surface area contributed by atoms with Gasteiger partial charge in [-0.2, -0.15) is 4.98 Å². The minimum atomic E-state index is -2.33. The molecule has 150 valence electrons. The zero-order valence-electron chi connectivity index (χ0n) is 16.2. The highest BCUT2D eigenvalue weighted by molar-refractivity contribution is 14.1. The van der Waals surface area contributed by atoms with Crippen LogP contribution < -0.4 is 11.3 Å². The van der Waals surface area contributed by atoms with Crippen molar-refractivity contribution in [3.63, 3.8) is 0 Å². The Balaban J connectivity index is 2.38. The highest BCUT2D eigenvalue weighted by Gasteiger charge is 2.61. The van der Waals surface area contributed by atoms with Gasteiger partial charge < -0.3 is 25.3 Å². The molecule has 27 heavy (non-hydrogen) atoms. The quantitative estimate of drug-likeness (QED) is 0.371. The van der Waals surface area contributed by atoms with Crippen LogP contribution in [0.4, 0.5) is 5.95 Å². The fraction of sp³-hybridized carbons (Fsp3) is 0.647. The third-order valence-electron chi connectivity index (χ3n) is 6.31. The van der Waals surface area contributed by atoms with Gasteiger partial charge in [0.05, 0.1) is 18.1 Å². The Morgan fingerprint density at radius 2 is 2.15 bits per heavy atom. The van der Waals surface area contributed by atoms with Crippen molar-refractivity contribution < 1.29 is 14.9 Å². The lowest BCUT2D eigenvalue weighted by molar-refractivity contribution is -0.0740. The van der Waals surface area contributed by atoms with Gasteiger partial charge in [-0.15, -0.1) is 0 Å². The number of nitrogens with one attached hydrogen (secondary N) is 1. The molecular weight excluding hydrogens is 479 g/mol. The molecule has 1 aliphatic rings. The number of nitrogen functional groups attached to an aromatic ring is 1. The van der Waals surface area contributed by atoms with Crippen LogP contribution in [-0.2, 0) is 10.1 Å². The van der Waals surface area contributed by atoms with Crippen LogP contribution in [0.15, 0.2) is 11.0 Å². The molecule has 10 heteroatoms. The Hall–Kier alpha value is -0.953. The molecule has 1 aliphatic heterocycles. The molecule has 0 spiro atoms. The second-order valence-electron chi connectivity index (χ2n) is 8.77. The second-order valence-corrected chi connectivity index (χ2v) is 15.5. The smallest absolute Gasteiger partial charge is 0.262 e. The Bertz CT molecular complexity index is 935. The molecule has 3 rings (SSSR count). The van der Waals surface area contributed by atoms with E-state index in [9.17, 15) is 15.0 Å². The first-order chi connectivity index (χ1) is 12.4. The van der Waals surface area contributed by atoms with E-state index in [1.54, 1.807) is 0 Å². The molecule has 0 unspecified atom stereocenters. The monoisotopic (exact) mass is 506 g/mol. The number of fused-ring (bicyclic) bond motifs is 1. The fourth-order valence-electron chi connectivity index (χ4n) is 3.78. The molecular formula is C17H27IN4O4Si. The normalized spacial score (nSPS) is 26.8. The third-order valence-corrected chi connectivity index (χ3v) is 13.4. The van der Waals surface area contributed by atoms with E-state index in [0.717, 1.165) is 3.57 Å². The van der Waals surface area contributed by atoms with Crippen LogP contribution in [-0.4, -0.2) is 51.6 Å². The molecule has 0 aliphatic carbocycles. The molecule has 5 N–H and O–H groups in total. The average molecular weight is 506 g/mol. The largest absolute Gasteiger partial charge is 0.394 e. The summed E-state index contributed by atoms with van der Waals surface area (Å²) in [6.45, 7) is 10.6. The predicted octanol–water partition coefficient (Wildman–Crippen LogP) is 1.75. The van der Waals surface area contributed by atoms with E-state index in [2.05, 4.69) is 66.4 Å². The van der Waals surface area contributed by atoms with Crippen molar-refractivity contribution in [2.45, 2.75) is 62.9 Å². The van der Waals surface area contributed by atoms with Gasteiger partial charge in [0.25, 0.3) is 5.56 Å². The van der Waals surface area contributed by atoms with Gasteiger partial charge in [-0.05, 0) is 27.6 Å². The summed E-state index contributed by atoms with van der Waals surface area (Å²) >= 11 is 2.10. The maximum atomic E-state index is 12.5. The lowest BCUT2D eigenvalue weighted by atomic mass is 10.2. The zero-order chi connectivity index (χ0) is 20.4. The van der Waals surface area contributed by atoms with Crippen LogP contribution >= 0.6 is 22.6 Å². The number of rotatable bonds is 3. The van der Waals surface area contributed by atoms with Crippen molar-refractivity contribution >= 4 is 47.6 Å². The van der Waals surface area contributed by atoms with Crippen LogP contribution in [0.5, 0.6) is 0 Å². The maximum absolute atomic E-state index is 12.5. The van der Waals surface area contributed by atoms with Gasteiger partial charge in [-0.3, -0.25) is 9.78 Å². The molecule has 0 radical (unpaired) electrons. The maximum Gasteiger partial charge on any atom is 0.262 e. The summed E-state index contributed by atoms with van der Waals surface area (Å²) < 4.78 is 9.03. The van der Waals surface area contributed by atoms with Gasteiger partial charge in [-0.25, -0.2) is 0 Å². The first-order valence-corrected chi connectivity index (χ1v) is 13.0. The lowest BCUT2D eigenvalue weighted by Crippen LogP contribution is -2.61. The van der Waals surface area contributed by atoms with Crippen molar-refractivity contribution in [1.82, 2.24) is 14.5 Å². The first kappa shape index (κ1) is 20.8. The zero-order valence-corrected chi connectivity index (χ0v) is 19.4. The number of nitrogens with two attached hydrogens (primary N) is 1. The number of halogens is 1. The Morgan fingerprint density at radius 3 is 2.67 bits per heavy atom.